The standard InChI is InChI=1S/C12H20O6/c1(13-3-10-5-16-10)9(15-7-12-8-18-12)2-14-4-11-6-17-11/h9-12H,1-8H2/t9?,10-,11+,12-/m0/s1. The Kier molecular flexibility index (Phi) is 4.45. The van der Waals surface area contributed by atoms with E-state index < -0.39 is 0 Å². The fourth-order valence-electron chi connectivity index (χ4n) is 1.54. The lowest BCUT2D eigenvalue weighted by molar-refractivity contribution is -0.0661. The Morgan fingerprint density at radius 1 is 0.778 bits per heavy atom. The molecule has 0 radical (unpaired) electrons. The monoisotopic (exact) mass is 260 g/mol. The van der Waals surface area contributed by atoms with Crippen LogP contribution in [-0.4, -0.2) is 77.3 Å². The van der Waals surface area contributed by atoms with Crippen LogP contribution >= 0.6 is 0 Å². The number of ether oxygens (including phenoxy) is 6. The number of epoxide rings is 3. The van der Waals surface area contributed by atoms with Gasteiger partial charge in [-0.25, -0.2) is 0 Å². The van der Waals surface area contributed by atoms with Crippen LogP contribution in [0.4, 0.5) is 0 Å². The zero-order chi connectivity index (χ0) is 12.2. The fraction of sp³-hybridized carbons (Fsp3) is 1.00. The van der Waals surface area contributed by atoms with Gasteiger partial charge in [0.1, 0.15) is 24.4 Å². The molecule has 6 nitrogen and oxygen atoms in total. The smallest absolute Gasteiger partial charge is 0.104 e. The number of rotatable bonds is 11. The fourth-order valence-corrected chi connectivity index (χ4v) is 1.54. The Balaban J connectivity index is 1.28. The summed E-state index contributed by atoms with van der Waals surface area (Å²) in [7, 11) is 0. The van der Waals surface area contributed by atoms with E-state index in [1.165, 1.54) is 0 Å². The highest BCUT2D eigenvalue weighted by Crippen LogP contribution is 2.13. The molecule has 3 fully saturated rings. The third kappa shape index (κ3) is 5.17. The van der Waals surface area contributed by atoms with E-state index in [0.29, 0.717) is 33.0 Å². The average Bonchev–Trinajstić information content (AvgIpc) is 3.23. The zero-order valence-electron chi connectivity index (χ0n) is 10.4. The van der Waals surface area contributed by atoms with Crippen LogP contribution in [0.25, 0.3) is 0 Å². The van der Waals surface area contributed by atoms with E-state index in [1.807, 2.05) is 0 Å². The van der Waals surface area contributed by atoms with Crippen molar-refractivity contribution in [3.8, 4) is 0 Å². The molecule has 6 heteroatoms. The molecule has 3 rings (SSSR count). The summed E-state index contributed by atoms with van der Waals surface area (Å²) in [5, 5.41) is 0. The third-order valence-electron chi connectivity index (χ3n) is 2.94. The third-order valence-corrected chi connectivity index (χ3v) is 2.94. The summed E-state index contributed by atoms with van der Waals surface area (Å²) in [4.78, 5) is 0. The van der Waals surface area contributed by atoms with Crippen LogP contribution in [0, 0.1) is 0 Å². The molecule has 0 saturated carbocycles. The summed E-state index contributed by atoms with van der Waals surface area (Å²) in [5.41, 5.74) is 0. The van der Waals surface area contributed by atoms with Crippen LogP contribution in [0.2, 0.25) is 0 Å². The maximum atomic E-state index is 5.71. The van der Waals surface area contributed by atoms with E-state index in [-0.39, 0.29) is 24.4 Å². The second-order valence-electron chi connectivity index (χ2n) is 4.90. The molecule has 3 aliphatic heterocycles. The van der Waals surface area contributed by atoms with Gasteiger partial charge in [-0.05, 0) is 0 Å². The first-order valence-corrected chi connectivity index (χ1v) is 6.52. The molecular weight excluding hydrogens is 240 g/mol. The highest BCUT2D eigenvalue weighted by atomic mass is 16.6. The number of hydrogen-bond acceptors (Lipinski definition) is 6. The van der Waals surface area contributed by atoms with Crippen molar-refractivity contribution in [3.63, 3.8) is 0 Å². The summed E-state index contributed by atoms with van der Waals surface area (Å²) in [6.45, 7) is 5.43. The van der Waals surface area contributed by atoms with Gasteiger partial charge in [0.15, 0.2) is 0 Å². The van der Waals surface area contributed by atoms with Crippen molar-refractivity contribution >= 4 is 0 Å². The van der Waals surface area contributed by atoms with E-state index in [0.717, 1.165) is 19.8 Å². The maximum absolute atomic E-state index is 5.71. The van der Waals surface area contributed by atoms with Crippen LogP contribution in [0.1, 0.15) is 0 Å². The highest BCUT2D eigenvalue weighted by molar-refractivity contribution is 4.72. The van der Waals surface area contributed by atoms with E-state index in [1.54, 1.807) is 0 Å². The molecule has 0 bridgehead atoms. The second-order valence-corrected chi connectivity index (χ2v) is 4.90. The van der Waals surface area contributed by atoms with Crippen LogP contribution in [0.3, 0.4) is 0 Å². The topological polar surface area (TPSA) is 65.3 Å². The Morgan fingerprint density at radius 3 is 1.67 bits per heavy atom. The highest BCUT2D eigenvalue weighted by Gasteiger charge is 2.27. The van der Waals surface area contributed by atoms with Crippen LogP contribution in [-0.2, 0) is 28.4 Å². The van der Waals surface area contributed by atoms with Gasteiger partial charge in [-0.2, -0.15) is 0 Å². The number of hydrogen-bond donors (Lipinski definition) is 0. The summed E-state index contributed by atoms with van der Waals surface area (Å²) >= 11 is 0. The first kappa shape index (κ1) is 12.8. The van der Waals surface area contributed by atoms with Crippen LogP contribution in [0.15, 0.2) is 0 Å². The predicted octanol–water partition coefficient (Wildman–Crippen LogP) is -0.399. The molecule has 0 N–H and O–H groups in total. The van der Waals surface area contributed by atoms with Gasteiger partial charge < -0.3 is 28.4 Å². The molecular formula is C12H20O6. The van der Waals surface area contributed by atoms with E-state index in [4.69, 9.17) is 28.4 Å². The van der Waals surface area contributed by atoms with Crippen molar-refractivity contribution in [3.05, 3.63) is 0 Å². The van der Waals surface area contributed by atoms with E-state index in [9.17, 15) is 0 Å². The van der Waals surface area contributed by atoms with Crippen molar-refractivity contribution in [1.29, 1.82) is 0 Å². The molecule has 3 heterocycles. The minimum atomic E-state index is -0.0355. The predicted molar refractivity (Wildman–Crippen MR) is 60.6 cm³/mol. The van der Waals surface area contributed by atoms with Gasteiger partial charge in [-0.15, -0.1) is 0 Å². The van der Waals surface area contributed by atoms with Gasteiger partial charge in [-0.1, -0.05) is 0 Å². The van der Waals surface area contributed by atoms with Gasteiger partial charge in [0.05, 0.1) is 52.9 Å². The lowest BCUT2D eigenvalue weighted by atomic mass is 10.4. The summed E-state index contributed by atoms with van der Waals surface area (Å²) in [6, 6.07) is 0. The van der Waals surface area contributed by atoms with Crippen molar-refractivity contribution in [2.24, 2.45) is 0 Å². The molecule has 0 aromatic carbocycles. The summed E-state index contributed by atoms with van der Waals surface area (Å²) in [6.07, 6.45) is 0.814. The minimum Gasteiger partial charge on any atom is -0.376 e. The SMILES string of the molecule is C(OC[C@@H]1CO1)C(COC[C@H]1CO1)OC[C@H]1CO1. The van der Waals surface area contributed by atoms with Crippen LogP contribution in [0.5, 0.6) is 0 Å². The Bertz CT molecular complexity index is 231. The summed E-state index contributed by atoms with van der Waals surface area (Å²) < 4.78 is 32.1. The van der Waals surface area contributed by atoms with Gasteiger partial charge >= 0.3 is 0 Å². The van der Waals surface area contributed by atoms with Crippen molar-refractivity contribution in [2.45, 2.75) is 24.4 Å². The van der Waals surface area contributed by atoms with E-state index in [2.05, 4.69) is 0 Å². The Morgan fingerprint density at radius 2 is 1.22 bits per heavy atom. The average molecular weight is 260 g/mol. The molecule has 0 spiro atoms. The molecule has 18 heavy (non-hydrogen) atoms. The molecule has 1 unspecified atom stereocenters. The first-order valence-electron chi connectivity index (χ1n) is 6.52. The molecule has 3 saturated heterocycles. The maximum Gasteiger partial charge on any atom is 0.104 e. The van der Waals surface area contributed by atoms with Crippen molar-refractivity contribution < 1.29 is 28.4 Å². The molecule has 3 aliphatic rings. The normalized spacial score (nSPS) is 34.3. The second kappa shape index (κ2) is 6.27. The van der Waals surface area contributed by atoms with Gasteiger partial charge in [0.2, 0.25) is 0 Å². The molecule has 0 aliphatic carbocycles. The molecule has 0 aromatic heterocycles. The van der Waals surface area contributed by atoms with Crippen LogP contribution < -0.4 is 0 Å². The summed E-state index contributed by atoms with van der Waals surface area (Å²) in [5.74, 6) is 0. The molecule has 0 amide bonds. The van der Waals surface area contributed by atoms with Crippen molar-refractivity contribution in [2.75, 3.05) is 52.9 Å². The zero-order valence-corrected chi connectivity index (χ0v) is 10.4. The molecule has 4 atom stereocenters. The van der Waals surface area contributed by atoms with Gasteiger partial charge in [0.25, 0.3) is 0 Å². The molecule has 104 valence electrons. The molecule has 0 aromatic rings. The lowest BCUT2D eigenvalue weighted by Crippen LogP contribution is -2.28. The van der Waals surface area contributed by atoms with Crippen molar-refractivity contribution in [1.82, 2.24) is 0 Å². The largest absolute Gasteiger partial charge is 0.376 e. The Labute approximate surface area is 106 Å². The quantitative estimate of drug-likeness (QED) is 0.471. The minimum absolute atomic E-state index is 0.0355. The Hall–Kier alpha value is -0.240. The first-order chi connectivity index (χ1) is 8.90. The van der Waals surface area contributed by atoms with Gasteiger partial charge in [0, 0.05) is 0 Å². The lowest BCUT2D eigenvalue weighted by Gasteiger charge is -2.17. The van der Waals surface area contributed by atoms with E-state index >= 15 is 0 Å². The van der Waals surface area contributed by atoms with Gasteiger partial charge in [-0.3, -0.25) is 0 Å².